The van der Waals surface area contributed by atoms with E-state index in [1.165, 1.54) is 11.8 Å². The fourth-order valence-corrected chi connectivity index (χ4v) is 4.63. The van der Waals surface area contributed by atoms with Crippen LogP contribution in [0.5, 0.6) is 5.75 Å². The number of nitrogens with one attached hydrogen (secondary N) is 1. The number of imidazole rings is 1. The number of hydrogen-bond donors (Lipinski definition) is 1. The zero-order valence-electron chi connectivity index (χ0n) is 18.4. The number of nitrogens with zero attached hydrogens (tertiary/aromatic N) is 3. The Kier molecular flexibility index (Phi) is 6.99. The van der Waals surface area contributed by atoms with Crippen molar-refractivity contribution >= 4 is 40.3 Å². The number of piperidine rings is 1. The highest BCUT2D eigenvalue weighted by molar-refractivity contribution is 7.99. The number of amides is 2. The molecule has 32 heavy (non-hydrogen) atoms. The van der Waals surface area contributed by atoms with E-state index in [1.807, 2.05) is 33.7 Å². The van der Waals surface area contributed by atoms with Gasteiger partial charge in [0.1, 0.15) is 12.3 Å². The fourth-order valence-electron chi connectivity index (χ4n) is 3.81. The van der Waals surface area contributed by atoms with Crippen LogP contribution in [0.4, 0.5) is 5.69 Å². The zero-order valence-corrected chi connectivity index (χ0v) is 19.2. The summed E-state index contributed by atoms with van der Waals surface area (Å²) in [6.45, 7) is 4.08. The Bertz CT molecular complexity index is 1090. The van der Waals surface area contributed by atoms with Gasteiger partial charge in [-0.1, -0.05) is 30.8 Å². The second kappa shape index (κ2) is 10.1. The van der Waals surface area contributed by atoms with Gasteiger partial charge in [-0.05, 0) is 55.2 Å². The summed E-state index contributed by atoms with van der Waals surface area (Å²) in [7, 11) is 1.60. The number of rotatable bonds is 7. The Morgan fingerprint density at radius 1 is 1.12 bits per heavy atom. The quantitative estimate of drug-likeness (QED) is 0.548. The lowest BCUT2D eigenvalue weighted by molar-refractivity contribution is -0.133. The van der Waals surface area contributed by atoms with Crippen LogP contribution < -0.4 is 10.1 Å². The first kappa shape index (κ1) is 22.2. The van der Waals surface area contributed by atoms with E-state index in [4.69, 9.17) is 4.74 Å². The molecule has 2 heterocycles. The van der Waals surface area contributed by atoms with Gasteiger partial charge in [0, 0.05) is 18.8 Å². The average molecular weight is 453 g/mol. The number of hydrogen-bond acceptors (Lipinski definition) is 5. The molecular weight excluding hydrogens is 424 g/mol. The first-order chi connectivity index (χ1) is 15.5. The maximum absolute atomic E-state index is 13.0. The summed E-state index contributed by atoms with van der Waals surface area (Å²) in [6.07, 6.45) is 2.09. The molecule has 2 aromatic carbocycles. The predicted molar refractivity (Wildman–Crippen MR) is 127 cm³/mol. The van der Waals surface area contributed by atoms with Gasteiger partial charge >= 0.3 is 0 Å². The molecule has 1 aromatic heterocycles. The van der Waals surface area contributed by atoms with E-state index >= 15 is 0 Å². The van der Waals surface area contributed by atoms with Crippen molar-refractivity contribution in [2.24, 2.45) is 5.92 Å². The van der Waals surface area contributed by atoms with Crippen molar-refractivity contribution in [1.82, 2.24) is 14.5 Å². The number of methoxy groups -OCH3 is 1. The molecule has 0 bridgehead atoms. The third kappa shape index (κ3) is 5.24. The lowest BCUT2D eigenvalue weighted by Crippen LogP contribution is -2.39. The van der Waals surface area contributed by atoms with Crippen LogP contribution in [0.25, 0.3) is 11.0 Å². The summed E-state index contributed by atoms with van der Waals surface area (Å²) in [6, 6.07) is 15.0. The largest absolute Gasteiger partial charge is 0.497 e. The van der Waals surface area contributed by atoms with Crippen LogP contribution in [0, 0.1) is 5.92 Å². The van der Waals surface area contributed by atoms with Gasteiger partial charge in [-0.3, -0.25) is 9.59 Å². The van der Waals surface area contributed by atoms with Gasteiger partial charge in [0.15, 0.2) is 5.16 Å². The second-order valence-electron chi connectivity index (χ2n) is 8.10. The van der Waals surface area contributed by atoms with Crippen LogP contribution >= 0.6 is 11.8 Å². The fraction of sp³-hybridized carbons (Fsp3) is 0.375. The van der Waals surface area contributed by atoms with Crippen LogP contribution in [0.1, 0.15) is 19.8 Å². The molecule has 1 fully saturated rings. The Morgan fingerprint density at radius 3 is 2.56 bits per heavy atom. The van der Waals surface area contributed by atoms with Crippen molar-refractivity contribution in [3.8, 4) is 5.75 Å². The van der Waals surface area contributed by atoms with E-state index in [-0.39, 0.29) is 24.1 Å². The van der Waals surface area contributed by atoms with Crippen molar-refractivity contribution in [3.63, 3.8) is 0 Å². The number of fused-ring (bicyclic) bond motifs is 1. The SMILES string of the molecule is COc1ccc(NC(=O)CSc2nc3ccccc3n2CC(=O)N2CCC(C)CC2)cc1. The molecule has 4 rings (SSSR count). The Hall–Kier alpha value is -3.00. The van der Waals surface area contributed by atoms with E-state index in [2.05, 4.69) is 17.2 Å². The number of anilines is 1. The topological polar surface area (TPSA) is 76.5 Å². The highest BCUT2D eigenvalue weighted by Crippen LogP contribution is 2.25. The normalized spacial score (nSPS) is 14.5. The van der Waals surface area contributed by atoms with Crippen molar-refractivity contribution in [3.05, 3.63) is 48.5 Å². The number of likely N-dealkylation sites (tertiary alicyclic amines) is 1. The highest BCUT2D eigenvalue weighted by atomic mass is 32.2. The Balaban J connectivity index is 1.44. The molecule has 0 spiro atoms. The molecule has 0 atom stereocenters. The van der Waals surface area contributed by atoms with Crippen molar-refractivity contribution in [1.29, 1.82) is 0 Å². The number of benzene rings is 2. The lowest BCUT2D eigenvalue weighted by atomic mass is 9.99. The predicted octanol–water partition coefficient (Wildman–Crippen LogP) is 4.03. The smallest absolute Gasteiger partial charge is 0.242 e. The number of aromatic nitrogens is 2. The number of carbonyl (C=O) groups excluding carboxylic acids is 2. The number of para-hydroxylation sites is 2. The van der Waals surface area contributed by atoms with E-state index in [0.29, 0.717) is 16.8 Å². The average Bonchev–Trinajstić information content (AvgIpc) is 3.16. The summed E-state index contributed by atoms with van der Waals surface area (Å²) in [5, 5.41) is 3.56. The summed E-state index contributed by atoms with van der Waals surface area (Å²) in [4.78, 5) is 32.1. The van der Waals surface area contributed by atoms with Crippen LogP contribution in [0.2, 0.25) is 0 Å². The zero-order chi connectivity index (χ0) is 22.5. The standard InChI is InChI=1S/C24H28N4O3S/c1-17-11-13-27(14-12-17)23(30)15-28-21-6-4-3-5-20(21)26-24(28)32-16-22(29)25-18-7-9-19(31-2)10-8-18/h3-10,17H,11-16H2,1-2H3,(H,25,29). The van der Waals surface area contributed by atoms with Crippen LogP contribution in [0.15, 0.2) is 53.7 Å². The molecule has 1 N–H and O–H groups in total. The van der Waals surface area contributed by atoms with Crippen LogP contribution in [0.3, 0.4) is 0 Å². The maximum Gasteiger partial charge on any atom is 0.242 e. The number of ether oxygens (including phenoxy) is 1. The van der Waals surface area contributed by atoms with Crippen molar-refractivity contribution in [2.45, 2.75) is 31.5 Å². The van der Waals surface area contributed by atoms with Gasteiger partial charge in [-0.25, -0.2) is 4.98 Å². The Labute approximate surface area is 192 Å². The third-order valence-corrected chi connectivity index (χ3v) is 6.73. The van der Waals surface area contributed by atoms with E-state index in [1.54, 1.807) is 31.4 Å². The number of carbonyl (C=O) groups is 2. The maximum atomic E-state index is 13.0. The summed E-state index contributed by atoms with van der Waals surface area (Å²) >= 11 is 1.34. The minimum atomic E-state index is -0.130. The van der Waals surface area contributed by atoms with E-state index < -0.39 is 0 Å². The molecule has 0 radical (unpaired) electrons. The van der Waals surface area contributed by atoms with Gasteiger partial charge in [-0.15, -0.1) is 0 Å². The third-order valence-electron chi connectivity index (χ3n) is 5.76. The van der Waals surface area contributed by atoms with E-state index in [9.17, 15) is 9.59 Å². The molecule has 0 saturated carbocycles. The molecule has 0 unspecified atom stereocenters. The highest BCUT2D eigenvalue weighted by Gasteiger charge is 2.22. The van der Waals surface area contributed by atoms with E-state index in [0.717, 1.165) is 42.7 Å². The van der Waals surface area contributed by atoms with Gasteiger partial charge in [-0.2, -0.15) is 0 Å². The molecular formula is C24H28N4O3S. The lowest BCUT2D eigenvalue weighted by Gasteiger charge is -2.30. The molecule has 1 aliphatic rings. The number of thioether (sulfide) groups is 1. The summed E-state index contributed by atoms with van der Waals surface area (Å²) in [5.74, 6) is 1.58. The van der Waals surface area contributed by atoms with Gasteiger partial charge < -0.3 is 19.5 Å². The first-order valence-corrected chi connectivity index (χ1v) is 11.8. The molecule has 8 heteroatoms. The molecule has 3 aromatic rings. The van der Waals surface area contributed by atoms with Gasteiger partial charge in [0.2, 0.25) is 11.8 Å². The first-order valence-electron chi connectivity index (χ1n) is 10.8. The summed E-state index contributed by atoms with van der Waals surface area (Å²) in [5.41, 5.74) is 2.44. The molecule has 2 amide bonds. The molecule has 7 nitrogen and oxygen atoms in total. The molecule has 1 aliphatic heterocycles. The minimum absolute atomic E-state index is 0.101. The summed E-state index contributed by atoms with van der Waals surface area (Å²) < 4.78 is 7.07. The van der Waals surface area contributed by atoms with Crippen LogP contribution in [-0.2, 0) is 16.1 Å². The van der Waals surface area contributed by atoms with Crippen molar-refractivity contribution in [2.75, 3.05) is 31.3 Å². The van der Waals surface area contributed by atoms with Crippen molar-refractivity contribution < 1.29 is 14.3 Å². The molecule has 1 saturated heterocycles. The van der Waals surface area contributed by atoms with Gasteiger partial charge in [0.05, 0.1) is 23.9 Å². The molecule has 0 aliphatic carbocycles. The Morgan fingerprint density at radius 2 is 1.84 bits per heavy atom. The molecule has 168 valence electrons. The monoisotopic (exact) mass is 452 g/mol. The second-order valence-corrected chi connectivity index (χ2v) is 9.04. The minimum Gasteiger partial charge on any atom is -0.497 e. The van der Waals surface area contributed by atoms with Crippen LogP contribution in [-0.4, -0.2) is 52.2 Å². The van der Waals surface area contributed by atoms with Gasteiger partial charge in [0.25, 0.3) is 0 Å².